The second-order valence-corrected chi connectivity index (χ2v) is 6.70. The Hall–Kier alpha value is -0.670. The molecule has 122 valence electrons. The van der Waals surface area contributed by atoms with Crippen molar-refractivity contribution >= 4 is 15.9 Å². The van der Waals surface area contributed by atoms with Gasteiger partial charge < -0.3 is 9.47 Å². The molecule has 0 aliphatic carbocycles. The molecular formula is C14H16BrF3N2O2. The van der Waals surface area contributed by atoms with Gasteiger partial charge in [0.05, 0.1) is 18.8 Å². The number of hydrogen-bond donors (Lipinski definition) is 2. The van der Waals surface area contributed by atoms with Gasteiger partial charge in [-0.2, -0.15) is 0 Å². The smallest absolute Gasteiger partial charge is 0.271 e. The molecule has 0 aromatic heterocycles. The summed E-state index contributed by atoms with van der Waals surface area (Å²) in [6.45, 7) is 0.657. The van der Waals surface area contributed by atoms with Gasteiger partial charge in [-0.25, -0.2) is 13.2 Å². The van der Waals surface area contributed by atoms with E-state index < -0.39 is 35.7 Å². The van der Waals surface area contributed by atoms with Crippen LogP contribution in [0.15, 0.2) is 22.7 Å². The highest BCUT2D eigenvalue weighted by Gasteiger charge is 2.60. The zero-order chi connectivity index (χ0) is 16.1. The van der Waals surface area contributed by atoms with Crippen LogP contribution in [0.5, 0.6) is 0 Å². The maximum absolute atomic E-state index is 14.4. The van der Waals surface area contributed by atoms with Crippen molar-refractivity contribution in [3.8, 4) is 0 Å². The molecule has 0 spiro atoms. The summed E-state index contributed by atoms with van der Waals surface area (Å²) in [6.07, 6.45) is -2.24. The molecular weight excluding hydrogens is 365 g/mol. The number of fused-ring (bicyclic) bond motifs is 1. The van der Waals surface area contributed by atoms with Gasteiger partial charge in [-0.1, -0.05) is 15.9 Å². The summed E-state index contributed by atoms with van der Waals surface area (Å²) in [6, 6.07) is 4.39. The summed E-state index contributed by atoms with van der Waals surface area (Å²) in [5, 5.41) is 2.91. The lowest BCUT2D eigenvalue weighted by molar-refractivity contribution is -0.140. The predicted molar refractivity (Wildman–Crippen MR) is 76.7 cm³/mol. The molecule has 1 aromatic rings. The van der Waals surface area contributed by atoms with E-state index in [-0.39, 0.29) is 18.8 Å². The van der Waals surface area contributed by atoms with Gasteiger partial charge in [-0.15, -0.1) is 0 Å². The highest BCUT2D eigenvalue weighted by atomic mass is 79.9. The van der Waals surface area contributed by atoms with Crippen LogP contribution in [0.4, 0.5) is 13.2 Å². The first-order valence-electron chi connectivity index (χ1n) is 6.84. The van der Waals surface area contributed by atoms with E-state index in [1.165, 1.54) is 6.07 Å². The average Bonchev–Trinajstić information content (AvgIpc) is 2.80. The van der Waals surface area contributed by atoms with Crippen molar-refractivity contribution in [3.05, 3.63) is 34.1 Å². The largest absolute Gasteiger partial charge is 0.369 e. The maximum atomic E-state index is 14.4. The molecule has 2 fully saturated rings. The van der Waals surface area contributed by atoms with E-state index in [2.05, 4.69) is 21.2 Å². The van der Waals surface area contributed by atoms with Crippen molar-refractivity contribution in [3.63, 3.8) is 0 Å². The van der Waals surface area contributed by atoms with E-state index in [9.17, 15) is 13.2 Å². The molecule has 8 heteroatoms. The lowest BCUT2D eigenvalue weighted by Crippen LogP contribution is -2.63. The molecule has 3 rings (SSSR count). The molecule has 22 heavy (non-hydrogen) atoms. The van der Waals surface area contributed by atoms with E-state index in [1.54, 1.807) is 12.1 Å². The molecule has 0 radical (unpaired) electrons. The summed E-state index contributed by atoms with van der Waals surface area (Å²) in [7, 11) is 0. The molecule has 1 aromatic carbocycles. The summed E-state index contributed by atoms with van der Waals surface area (Å²) in [5.41, 5.74) is 4.85. The van der Waals surface area contributed by atoms with Crippen LogP contribution in [0.2, 0.25) is 0 Å². The molecule has 4 nitrogen and oxygen atoms in total. The van der Waals surface area contributed by atoms with Gasteiger partial charge in [0.25, 0.3) is 5.92 Å². The third kappa shape index (κ3) is 2.56. The summed E-state index contributed by atoms with van der Waals surface area (Å²) < 4.78 is 53.2. The van der Waals surface area contributed by atoms with Gasteiger partial charge in [0.2, 0.25) is 0 Å². The number of halogens is 4. The van der Waals surface area contributed by atoms with E-state index >= 15 is 0 Å². The molecule has 2 aliphatic rings. The van der Waals surface area contributed by atoms with Gasteiger partial charge in [0.1, 0.15) is 11.9 Å². The Labute approximate surface area is 134 Å². The Balaban J connectivity index is 2.09. The fourth-order valence-corrected chi connectivity index (χ4v) is 3.64. The average molecular weight is 381 g/mol. The lowest BCUT2D eigenvalue weighted by atomic mass is 9.76. The minimum absolute atomic E-state index is 0.0335. The molecule has 1 unspecified atom stereocenters. The van der Waals surface area contributed by atoms with Crippen molar-refractivity contribution in [2.45, 2.75) is 30.8 Å². The zero-order valence-electron chi connectivity index (χ0n) is 11.8. The van der Waals surface area contributed by atoms with Crippen molar-refractivity contribution in [1.82, 2.24) is 5.32 Å². The van der Waals surface area contributed by atoms with Crippen LogP contribution in [-0.2, 0) is 15.0 Å². The number of hydrogen-bond acceptors (Lipinski definition) is 4. The van der Waals surface area contributed by atoms with Gasteiger partial charge >= 0.3 is 0 Å². The topological polar surface area (TPSA) is 56.5 Å². The Bertz CT molecular complexity index is 584. The van der Waals surface area contributed by atoms with E-state index in [0.717, 1.165) is 6.92 Å². The SMILES string of the molecule is CC(F)(F)[C@H]1OC[C@]2(c3cc(Br)ccc3F)NC(N)OC[C@H]12. The molecule has 3 N–H and O–H groups in total. The van der Waals surface area contributed by atoms with Crippen LogP contribution in [-0.4, -0.2) is 31.6 Å². The molecule has 2 saturated heterocycles. The lowest BCUT2D eigenvalue weighted by Gasteiger charge is -2.43. The van der Waals surface area contributed by atoms with E-state index in [0.29, 0.717) is 4.47 Å². The first-order chi connectivity index (χ1) is 10.2. The molecule has 2 aliphatic heterocycles. The number of rotatable bonds is 2. The van der Waals surface area contributed by atoms with Crippen molar-refractivity contribution < 1.29 is 22.6 Å². The van der Waals surface area contributed by atoms with E-state index in [4.69, 9.17) is 15.2 Å². The second kappa shape index (κ2) is 5.45. The van der Waals surface area contributed by atoms with Crippen LogP contribution in [0, 0.1) is 11.7 Å². The fraction of sp³-hybridized carbons (Fsp3) is 0.571. The van der Waals surface area contributed by atoms with Gasteiger partial charge in [-0.3, -0.25) is 11.1 Å². The summed E-state index contributed by atoms with van der Waals surface area (Å²) in [5.74, 6) is -4.32. The standard InChI is InChI=1S/C14H16BrF3N2O2/c1-13(17,18)11-9-5-21-12(19)20-14(9,6-22-11)8-4-7(15)2-3-10(8)16/h2-4,9,11-12,20H,5-6,19H2,1H3/t9-,11+,12?,14-/m1/s1. The normalized spacial score (nSPS) is 35.5. The first-order valence-corrected chi connectivity index (χ1v) is 7.63. The molecule has 0 amide bonds. The third-order valence-electron chi connectivity index (χ3n) is 4.25. The van der Waals surface area contributed by atoms with Crippen molar-refractivity contribution in [2.75, 3.05) is 13.2 Å². The monoisotopic (exact) mass is 380 g/mol. The van der Waals surface area contributed by atoms with Gasteiger partial charge in [0, 0.05) is 22.9 Å². The second-order valence-electron chi connectivity index (χ2n) is 5.79. The minimum Gasteiger partial charge on any atom is -0.369 e. The fourth-order valence-electron chi connectivity index (χ4n) is 3.28. The van der Waals surface area contributed by atoms with Crippen molar-refractivity contribution in [2.24, 2.45) is 11.7 Å². The highest BCUT2D eigenvalue weighted by Crippen LogP contribution is 2.47. The number of benzene rings is 1. The Morgan fingerprint density at radius 3 is 2.82 bits per heavy atom. The number of ether oxygens (including phenoxy) is 2. The van der Waals surface area contributed by atoms with Crippen LogP contribution >= 0.6 is 15.9 Å². The Morgan fingerprint density at radius 2 is 2.14 bits per heavy atom. The van der Waals surface area contributed by atoms with Crippen LogP contribution < -0.4 is 11.1 Å². The predicted octanol–water partition coefficient (Wildman–Crippen LogP) is 2.32. The molecule has 2 heterocycles. The third-order valence-corrected chi connectivity index (χ3v) is 4.75. The van der Waals surface area contributed by atoms with Crippen LogP contribution in [0.1, 0.15) is 12.5 Å². The van der Waals surface area contributed by atoms with Gasteiger partial charge in [0.15, 0.2) is 6.35 Å². The van der Waals surface area contributed by atoms with Gasteiger partial charge in [-0.05, 0) is 18.2 Å². The molecule has 0 bridgehead atoms. The Morgan fingerprint density at radius 1 is 1.41 bits per heavy atom. The minimum atomic E-state index is -3.07. The Kier molecular flexibility index (Phi) is 4.01. The highest BCUT2D eigenvalue weighted by molar-refractivity contribution is 9.10. The molecule has 4 atom stereocenters. The van der Waals surface area contributed by atoms with Crippen LogP contribution in [0.3, 0.4) is 0 Å². The quantitative estimate of drug-likeness (QED) is 0.826. The summed E-state index contributed by atoms with van der Waals surface area (Å²) in [4.78, 5) is 0. The number of nitrogens with two attached hydrogens (primary N) is 1. The van der Waals surface area contributed by atoms with E-state index in [1.807, 2.05) is 0 Å². The van der Waals surface area contributed by atoms with Crippen molar-refractivity contribution in [1.29, 1.82) is 0 Å². The number of alkyl halides is 2. The number of nitrogens with one attached hydrogen (secondary N) is 1. The maximum Gasteiger partial charge on any atom is 0.271 e. The molecule has 0 saturated carbocycles. The van der Waals surface area contributed by atoms with Crippen LogP contribution in [0.25, 0.3) is 0 Å². The first kappa shape index (κ1) is 16.2. The summed E-state index contributed by atoms with van der Waals surface area (Å²) >= 11 is 3.28. The zero-order valence-corrected chi connectivity index (χ0v) is 13.4.